The van der Waals surface area contributed by atoms with Crippen molar-refractivity contribution in [1.29, 1.82) is 0 Å². The predicted molar refractivity (Wildman–Crippen MR) is 64.0 cm³/mol. The van der Waals surface area contributed by atoms with Crippen molar-refractivity contribution >= 4 is 34.8 Å². The summed E-state index contributed by atoms with van der Waals surface area (Å²) in [5.41, 5.74) is 0. The summed E-state index contributed by atoms with van der Waals surface area (Å²) < 4.78 is 0.213. The van der Waals surface area contributed by atoms with Crippen LogP contribution in [0, 0.1) is 5.92 Å². The second-order valence-corrected chi connectivity index (χ2v) is 5.59. The smallest absolute Gasteiger partial charge is 0.276 e. The van der Waals surface area contributed by atoms with Gasteiger partial charge in [-0.1, -0.05) is 24.7 Å². The monoisotopic (exact) mass is 273 g/mol. The van der Waals surface area contributed by atoms with E-state index in [1.54, 1.807) is 0 Å². The molecule has 1 atom stereocenters. The van der Waals surface area contributed by atoms with Crippen molar-refractivity contribution in [3.05, 3.63) is 9.47 Å². The van der Waals surface area contributed by atoms with Gasteiger partial charge in [0, 0.05) is 13.0 Å². The van der Waals surface area contributed by atoms with Gasteiger partial charge in [-0.25, -0.2) is 0 Å². The minimum Gasteiger partial charge on any atom is -0.276 e. The fourth-order valence-electron chi connectivity index (χ4n) is 1.99. The number of amides is 2. The number of carbonyl (C=O) groups is 2. The Balaban J connectivity index is 2.08. The molecule has 92 valence electrons. The van der Waals surface area contributed by atoms with E-state index in [9.17, 15) is 9.59 Å². The molecule has 1 unspecified atom stereocenters. The molecule has 1 fully saturated rings. The van der Waals surface area contributed by atoms with Crippen LogP contribution in [0.5, 0.6) is 0 Å². The first-order chi connectivity index (χ1) is 8.11. The maximum atomic E-state index is 12.0. The van der Waals surface area contributed by atoms with Crippen molar-refractivity contribution in [2.45, 2.75) is 26.2 Å². The first kappa shape index (κ1) is 12.4. The second-order valence-electron chi connectivity index (χ2n) is 4.03. The van der Waals surface area contributed by atoms with E-state index in [-0.39, 0.29) is 27.2 Å². The van der Waals surface area contributed by atoms with Gasteiger partial charge in [0.05, 0.1) is 0 Å². The van der Waals surface area contributed by atoms with Gasteiger partial charge in [-0.2, -0.15) is 0 Å². The van der Waals surface area contributed by atoms with Gasteiger partial charge in [-0.3, -0.25) is 14.5 Å². The maximum Gasteiger partial charge on any atom is 0.291 e. The van der Waals surface area contributed by atoms with Crippen molar-refractivity contribution in [2.75, 3.05) is 6.54 Å². The van der Waals surface area contributed by atoms with E-state index in [0.717, 1.165) is 24.2 Å². The third-order valence-electron chi connectivity index (χ3n) is 2.73. The lowest BCUT2D eigenvalue weighted by Crippen LogP contribution is -2.32. The molecule has 2 heterocycles. The van der Waals surface area contributed by atoms with E-state index in [1.807, 2.05) is 0 Å². The standard InChI is InChI=1S/C10H12ClN3O2S/c1-2-3-6-4-7(15)14(5-6)9(16)8-12-13-10(11)17-8/h6H,2-5H2,1H3. The van der Waals surface area contributed by atoms with Gasteiger partial charge in [0.2, 0.25) is 15.4 Å². The topological polar surface area (TPSA) is 63.2 Å². The number of nitrogens with zero attached hydrogens (tertiary/aromatic N) is 3. The van der Waals surface area contributed by atoms with E-state index in [1.165, 1.54) is 4.90 Å². The van der Waals surface area contributed by atoms with Crippen LogP contribution in [0.3, 0.4) is 0 Å². The lowest BCUT2D eigenvalue weighted by Gasteiger charge is -2.12. The van der Waals surface area contributed by atoms with E-state index < -0.39 is 0 Å². The highest BCUT2D eigenvalue weighted by Gasteiger charge is 2.35. The molecule has 5 nitrogen and oxygen atoms in total. The Morgan fingerprint density at radius 2 is 2.35 bits per heavy atom. The van der Waals surface area contributed by atoms with E-state index >= 15 is 0 Å². The van der Waals surface area contributed by atoms with Crippen LogP contribution in [0.4, 0.5) is 0 Å². The van der Waals surface area contributed by atoms with Gasteiger partial charge in [0.1, 0.15) is 0 Å². The summed E-state index contributed by atoms with van der Waals surface area (Å²) in [5, 5.41) is 7.40. The minimum absolute atomic E-state index is 0.125. The molecule has 0 saturated carbocycles. The molecule has 17 heavy (non-hydrogen) atoms. The van der Waals surface area contributed by atoms with E-state index in [4.69, 9.17) is 11.6 Å². The van der Waals surface area contributed by atoms with Crippen LogP contribution in [-0.2, 0) is 4.79 Å². The summed E-state index contributed by atoms with van der Waals surface area (Å²) in [4.78, 5) is 24.9. The summed E-state index contributed by atoms with van der Waals surface area (Å²) in [6.45, 7) is 2.56. The largest absolute Gasteiger partial charge is 0.291 e. The highest BCUT2D eigenvalue weighted by molar-refractivity contribution is 7.17. The molecule has 0 N–H and O–H groups in total. The zero-order chi connectivity index (χ0) is 12.4. The Morgan fingerprint density at radius 1 is 1.59 bits per heavy atom. The molecule has 1 aromatic rings. The third-order valence-corrected chi connectivity index (χ3v) is 3.74. The molecule has 0 radical (unpaired) electrons. The summed E-state index contributed by atoms with van der Waals surface area (Å²) in [5.74, 6) is -0.224. The van der Waals surface area contributed by atoms with Crippen LogP contribution in [0.25, 0.3) is 0 Å². The predicted octanol–water partition coefficient (Wildman–Crippen LogP) is 1.98. The van der Waals surface area contributed by atoms with Crippen LogP contribution < -0.4 is 0 Å². The average Bonchev–Trinajstić information content (AvgIpc) is 2.85. The summed E-state index contributed by atoms with van der Waals surface area (Å²) in [6.07, 6.45) is 2.43. The van der Waals surface area contributed by atoms with E-state index in [2.05, 4.69) is 17.1 Å². The first-order valence-electron chi connectivity index (χ1n) is 5.45. The SMILES string of the molecule is CCCC1CC(=O)N(C(=O)c2nnc(Cl)s2)C1. The summed E-state index contributed by atoms with van der Waals surface area (Å²) in [7, 11) is 0. The van der Waals surface area contributed by atoms with Crippen LogP contribution in [0.2, 0.25) is 4.47 Å². The molecular formula is C10H12ClN3O2S. The number of aromatic nitrogens is 2. The zero-order valence-electron chi connectivity index (χ0n) is 9.35. The molecule has 2 rings (SSSR count). The van der Waals surface area contributed by atoms with Gasteiger partial charge < -0.3 is 0 Å². The van der Waals surface area contributed by atoms with Crippen LogP contribution >= 0.6 is 22.9 Å². The first-order valence-corrected chi connectivity index (χ1v) is 6.65. The van der Waals surface area contributed by atoms with Crippen molar-refractivity contribution in [2.24, 2.45) is 5.92 Å². The average molecular weight is 274 g/mol. The molecule has 0 bridgehead atoms. The fraction of sp³-hybridized carbons (Fsp3) is 0.600. The van der Waals surface area contributed by atoms with Gasteiger partial charge in [0.25, 0.3) is 5.91 Å². The molecule has 2 amide bonds. The van der Waals surface area contributed by atoms with Crippen LogP contribution in [0.1, 0.15) is 36.0 Å². The maximum absolute atomic E-state index is 12.0. The normalized spacial score (nSPS) is 20.0. The third kappa shape index (κ3) is 2.63. The van der Waals surface area contributed by atoms with Crippen molar-refractivity contribution < 1.29 is 9.59 Å². The Morgan fingerprint density at radius 3 is 2.94 bits per heavy atom. The van der Waals surface area contributed by atoms with Crippen molar-refractivity contribution in [3.63, 3.8) is 0 Å². The van der Waals surface area contributed by atoms with Crippen LogP contribution in [0.15, 0.2) is 0 Å². The zero-order valence-corrected chi connectivity index (χ0v) is 10.9. The number of hydrogen-bond donors (Lipinski definition) is 0. The molecule has 1 aliphatic heterocycles. The lowest BCUT2D eigenvalue weighted by molar-refractivity contribution is -0.125. The quantitative estimate of drug-likeness (QED) is 0.790. The number of halogens is 1. The molecule has 1 aliphatic rings. The molecule has 7 heteroatoms. The Hall–Kier alpha value is -1.01. The van der Waals surface area contributed by atoms with Gasteiger partial charge in [0.15, 0.2) is 0 Å². The minimum atomic E-state index is -0.377. The number of carbonyl (C=O) groups excluding carboxylic acids is 2. The van der Waals surface area contributed by atoms with Gasteiger partial charge in [-0.05, 0) is 23.9 Å². The van der Waals surface area contributed by atoms with Crippen LogP contribution in [-0.4, -0.2) is 33.5 Å². The molecule has 0 aromatic carbocycles. The fourth-order valence-corrected chi connectivity index (χ4v) is 2.76. The Bertz CT molecular complexity index is 449. The highest BCUT2D eigenvalue weighted by atomic mass is 35.5. The summed E-state index contributed by atoms with van der Waals surface area (Å²) in [6, 6.07) is 0. The van der Waals surface area contributed by atoms with Gasteiger partial charge in [-0.15, -0.1) is 10.2 Å². The molecule has 1 saturated heterocycles. The molecule has 0 aliphatic carbocycles. The molecule has 0 spiro atoms. The summed E-state index contributed by atoms with van der Waals surface area (Å²) >= 11 is 6.61. The Kier molecular flexibility index (Phi) is 3.73. The Labute approximate surface area is 108 Å². The number of rotatable bonds is 3. The number of likely N-dealkylation sites (tertiary alicyclic amines) is 1. The second kappa shape index (κ2) is 5.10. The number of hydrogen-bond acceptors (Lipinski definition) is 5. The van der Waals surface area contributed by atoms with Crippen molar-refractivity contribution in [3.8, 4) is 0 Å². The molecular weight excluding hydrogens is 262 g/mol. The highest BCUT2D eigenvalue weighted by Crippen LogP contribution is 2.25. The van der Waals surface area contributed by atoms with E-state index in [0.29, 0.717) is 13.0 Å². The molecule has 1 aromatic heterocycles. The number of imide groups is 1. The van der Waals surface area contributed by atoms with Crippen molar-refractivity contribution in [1.82, 2.24) is 15.1 Å². The van der Waals surface area contributed by atoms with Gasteiger partial charge >= 0.3 is 0 Å². The lowest BCUT2D eigenvalue weighted by atomic mass is 10.0.